The van der Waals surface area contributed by atoms with E-state index in [1.54, 1.807) is 0 Å². The fourth-order valence-electron chi connectivity index (χ4n) is 2.16. The molecule has 0 aromatic carbocycles. The van der Waals surface area contributed by atoms with Gasteiger partial charge in [-0.3, -0.25) is 9.59 Å². The van der Waals surface area contributed by atoms with Crippen molar-refractivity contribution in [3.63, 3.8) is 0 Å². The lowest BCUT2D eigenvalue weighted by molar-refractivity contribution is -0.142. The van der Waals surface area contributed by atoms with Gasteiger partial charge in [0, 0.05) is 12.8 Å². The number of unbranched alkanes of at least 4 members (excludes halogenated alkanes) is 8. The SMILES string of the molecule is CCCCCCC(=O)OC/C=C/CCCCCCCC(=O)O. The lowest BCUT2D eigenvalue weighted by Gasteiger charge is -2.01. The van der Waals surface area contributed by atoms with Gasteiger partial charge in [0.1, 0.15) is 6.61 Å². The number of carbonyl (C=O) groups is 2. The smallest absolute Gasteiger partial charge is 0.306 e. The van der Waals surface area contributed by atoms with Crippen molar-refractivity contribution in [3.8, 4) is 0 Å². The molecule has 0 unspecified atom stereocenters. The quantitative estimate of drug-likeness (QED) is 0.266. The molecule has 0 saturated heterocycles. The number of hydrogen-bond donors (Lipinski definition) is 1. The zero-order chi connectivity index (χ0) is 16.5. The van der Waals surface area contributed by atoms with Crippen molar-refractivity contribution in [2.45, 2.75) is 84.0 Å². The standard InChI is InChI=1S/C18H32O4/c1-2-3-4-12-15-18(21)22-16-13-10-8-6-5-7-9-11-14-17(19)20/h10,13H,2-9,11-12,14-16H2,1H3,(H,19,20)/b13-10+. The highest BCUT2D eigenvalue weighted by atomic mass is 16.5. The molecule has 0 amide bonds. The average molecular weight is 312 g/mol. The van der Waals surface area contributed by atoms with Crippen LogP contribution in [0.5, 0.6) is 0 Å². The minimum Gasteiger partial charge on any atom is -0.481 e. The number of allylic oxidation sites excluding steroid dienone is 1. The predicted molar refractivity (Wildman–Crippen MR) is 88.8 cm³/mol. The molecule has 0 aliphatic carbocycles. The number of esters is 1. The Morgan fingerprint density at radius 3 is 2.23 bits per heavy atom. The highest BCUT2D eigenvalue weighted by Crippen LogP contribution is 2.07. The monoisotopic (exact) mass is 312 g/mol. The van der Waals surface area contributed by atoms with Gasteiger partial charge in [-0.2, -0.15) is 0 Å². The molecule has 128 valence electrons. The minimum atomic E-state index is -0.706. The van der Waals surface area contributed by atoms with Crippen LogP contribution in [-0.4, -0.2) is 23.7 Å². The Balaban J connectivity index is 3.26. The number of aliphatic carboxylic acids is 1. The molecular formula is C18H32O4. The van der Waals surface area contributed by atoms with Crippen molar-refractivity contribution in [2.75, 3.05) is 6.61 Å². The molecule has 0 bridgehead atoms. The molecule has 0 aromatic heterocycles. The first-order valence-electron chi connectivity index (χ1n) is 8.69. The summed E-state index contributed by atoms with van der Waals surface area (Å²) in [5.41, 5.74) is 0. The molecule has 0 saturated carbocycles. The van der Waals surface area contributed by atoms with Crippen molar-refractivity contribution in [1.29, 1.82) is 0 Å². The summed E-state index contributed by atoms with van der Waals surface area (Å²) in [6, 6.07) is 0. The number of carboxylic acid groups (broad SMARTS) is 1. The maximum Gasteiger partial charge on any atom is 0.306 e. The first kappa shape index (κ1) is 20.7. The van der Waals surface area contributed by atoms with E-state index < -0.39 is 5.97 Å². The highest BCUT2D eigenvalue weighted by Gasteiger charge is 2.00. The fraction of sp³-hybridized carbons (Fsp3) is 0.778. The van der Waals surface area contributed by atoms with Crippen LogP contribution in [0, 0.1) is 0 Å². The summed E-state index contributed by atoms with van der Waals surface area (Å²) in [5.74, 6) is -0.804. The molecule has 0 aliphatic rings. The van der Waals surface area contributed by atoms with Crippen molar-refractivity contribution in [1.82, 2.24) is 0 Å². The molecule has 0 radical (unpaired) electrons. The normalized spacial score (nSPS) is 11.0. The Hall–Kier alpha value is -1.32. The van der Waals surface area contributed by atoms with E-state index in [9.17, 15) is 9.59 Å². The zero-order valence-electron chi connectivity index (χ0n) is 14.0. The number of hydrogen-bond acceptors (Lipinski definition) is 3. The van der Waals surface area contributed by atoms with Gasteiger partial charge in [0.15, 0.2) is 0 Å². The van der Waals surface area contributed by atoms with E-state index in [0.717, 1.165) is 51.4 Å². The Morgan fingerprint density at radius 2 is 1.50 bits per heavy atom. The number of carboxylic acids is 1. The van der Waals surface area contributed by atoms with E-state index >= 15 is 0 Å². The largest absolute Gasteiger partial charge is 0.481 e. The average Bonchev–Trinajstić information content (AvgIpc) is 2.49. The maximum absolute atomic E-state index is 11.4. The van der Waals surface area contributed by atoms with Crippen LogP contribution < -0.4 is 0 Å². The molecule has 0 fully saturated rings. The summed E-state index contributed by atoms with van der Waals surface area (Å²) >= 11 is 0. The molecule has 0 aromatic rings. The maximum atomic E-state index is 11.4. The van der Waals surface area contributed by atoms with Gasteiger partial charge in [-0.1, -0.05) is 57.6 Å². The predicted octanol–water partition coefficient (Wildman–Crippen LogP) is 4.87. The summed E-state index contributed by atoms with van der Waals surface area (Å²) in [6.07, 6.45) is 15.3. The molecule has 0 heterocycles. The molecule has 0 spiro atoms. The van der Waals surface area contributed by atoms with Crippen molar-refractivity contribution in [2.24, 2.45) is 0 Å². The number of rotatable bonds is 15. The molecule has 4 heteroatoms. The van der Waals surface area contributed by atoms with E-state index in [-0.39, 0.29) is 12.4 Å². The Labute approximate surface area is 134 Å². The van der Waals surface area contributed by atoms with Crippen LogP contribution >= 0.6 is 0 Å². The van der Waals surface area contributed by atoms with Gasteiger partial charge in [0.2, 0.25) is 0 Å². The van der Waals surface area contributed by atoms with Crippen LogP contribution in [-0.2, 0) is 14.3 Å². The second kappa shape index (κ2) is 16.1. The molecule has 0 rings (SSSR count). The van der Waals surface area contributed by atoms with Gasteiger partial charge in [-0.05, 0) is 25.7 Å². The van der Waals surface area contributed by atoms with Crippen molar-refractivity contribution < 1.29 is 19.4 Å². The number of ether oxygens (including phenoxy) is 1. The fourth-order valence-corrected chi connectivity index (χ4v) is 2.16. The lowest BCUT2D eigenvalue weighted by Crippen LogP contribution is -2.03. The lowest BCUT2D eigenvalue weighted by atomic mass is 10.1. The van der Waals surface area contributed by atoms with Crippen LogP contribution in [0.1, 0.15) is 84.0 Å². The first-order valence-corrected chi connectivity index (χ1v) is 8.69. The third-order valence-corrected chi connectivity index (χ3v) is 3.50. The van der Waals surface area contributed by atoms with Gasteiger partial charge in [-0.25, -0.2) is 0 Å². The topological polar surface area (TPSA) is 63.6 Å². The van der Waals surface area contributed by atoms with Crippen LogP contribution in [0.2, 0.25) is 0 Å². The molecule has 22 heavy (non-hydrogen) atoms. The second-order valence-corrected chi connectivity index (χ2v) is 5.67. The van der Waals surface area contributed by atoms with E-state index in [1.165, 1.54) is 12.8 Å². The summed E-state index contributed by atoms with van der Waals surface area (Å²) in [4.78, 5) is 21.7. The van der Waals surface area contributed by atoms with Crippen LogP contribution in [0.25, 0.3) is 0 Å². The van der Waals surface area contributed by atoms with E-state index in [2.05, 4.69) is 13.0 Å². The van der Waals surface area contributed by atoms with Crippen molar-refractivity contribution >= 4 is 11.9 Å². The third kappa shape index (κ3) is 16.7. The van der Waals surface area contributed by atoms with Crippen LogP contribution in [0.15, 0.2) is 12.2 Å². The van der Waals surface area contributed by atoms with E-state index in [0.29, 0.717) is 13.0 Å². The van der Waals surface area contributed by atoms with Gasteiger partial charge in [0.25, 0.3) is 0 Å². The third-order valence-electron chi connectivity index (χ3n) is 3.50. The van der Waals surface area contributed by atoms with Crippen LogP contribution in [0.3, 0.4) is 0 Å². The Kier molecular flexibility index (Phi) is 15.1. The Bertz CT molecular complexity index is 310. The molecule has 0 aliphatic heterocycles. The van der Waals surface area contributed by atoms with E-state index in [4.69, 9.17) is 9.84 Å². The molecule has 4 nitrogen and oxygen atoms in total. The molecule has 0 atom stereocenters. The summed E-state index contributed by atoms with van der Waals surface area (Å²) in [5, 5.41) is 8.50. The summed E-state index contributed by atoms with van der Waals surface area (Å²) in [7, 11) is 0. The summed E-state index contributed by atoms with van der Waals surface area (Å²) < 4.78 is 5.12. The summed E-state index contributed by atoms with van der Waals surface area (Å²) in [6.45, 7) is 2.53. The van der Waals surface area contributed by atoms with Gasteiger partial charge in [0.05, 0.1) is 0 Å². The number of carbonyl (C=O) groups excluding carboxylic acids is 1. The van der Waals surface area contributed by atoms with Gasteiger partial charge >= 0.3 is 11.9 Å². The first-order chi connectivity index (χ1) is 10.7. The second-order valence-electron chi connectivity index (χ2n) is 5.67. The molecular weight excluding hydrogens is 280 g/mol. The molecule has 1 N–H and O–H groups in total. The van der Waals surface area contributed by atoms with Crippen molar-refractivity contribution in [3.05, 3.63) is 12.2 Å². The van der Waals surface area contributed by atoms with Gasteiger partial charge in [-0.15, -0.1) is 0 Å². The highest BCUT2D eigenvalue weighted by molar-refractivity contribution is 5.69. The van der Waals surface area contributed by atoms with Crippen LogP contribution in [0.4, 0.5) is 0 Å². The zero-order valence-corrected chi connectivity index (χ0v) is 14.0. The Morgan fingerprint density at radius 1 is 0.864 bits per heavy atom. The van der Waals surface area contributed by atoms with Gasteiger partial charge < -0.3 is 9.84 Å². The van der Waals surface area contributed by atoms with E-state index in [1.807, 2.05) is 6.08 Å². The minimum absolute atomic E-state index is 0.0980.